The molecule has 2 heteroatoms. The van der Waals surface area contributed by atoms with Crippen molar-refractivity contribution in [2.45, 2.75) is 13.1 Å². The molecule has 1 heterocycles. The van der Waals surface area contributed by atoms with Crippen molar-refractivity contribution in [2.75, 3.05) is 13.1 Å². The van der Waals surface area contributed by atoms with Gasteiger partial charge in [0, 0.05) is 13.1 Å². The van der Waals surface area contributed by atoms with Gasteiger partial charge >= 0.3 is 0 Å². The van der Waals surface area contributed by atoms with Crippen LogP contribution in [0.25, 0.3) is 0 Å². The fourth-order valence-electron chi connectivity index (χ4n) is 0.974. The smallest absolute Gasteiger partial charge is 0.160 e. The predicted octanol–water partition coefficient (Wildman–Crippen LogP) is -0.554. The van der Waals surface area contributed by atoms with E-state index in [1.54, 1.807) is 0 Å². The first-order chi connectivity index (χ1) is 3.84. The van der Waals surface area contributed by atoms with Gasteiger partial charge in [0.05, 0.1) is 0 Å². The number of nitrogens with zero attached hydrogens (tertiary/aromatic N) is 1. The van der Waals surface area contributed by atoms with E-state index < -0.39 is 0 Å². The Hall–Kier alpha value is -0.340. The van der Waals surface area contributed by atoms with Crippen LogP contribution in [-0.2, 0) is 0 Å². The number of likely N-dealkylation sites (N-methyl/N-ethyl adjacent to an activating group) is 1. The van der Waals surface area contributed by atoms with Crippen molar-refractivity contribution in [3.63, 3.8) is 0 Å². The Morgan fingerprint density at radius 3 is 2.88 bits per heavy atom. The van der Waals surface area contributed by atoms with Crippen molar-refractivity contribution < 1.29 is 5.73 Å². The fourth-order valence-corrected chi connectivity index (χ4v) is 0.974. The normalized spacial score (nSPS) is 29.5. The minimum atomic E-state index is 0.431. The molecule has 2 nitrogen and oxygen atoms in total. The number of quaternary nitrogens is 1. The quantitative estimate of drug-likeness (QED) is 0.454. The van der Waals surface area contributed by atoms with Crippen molar-refractivity contribution >= 4 is 0 Å². The SMILES string of the molecule is CCN1CC=CC1[NH3+]. The molecule has 1 unspecified atom stereocenters. The van der Waals surface area contributed by atoms with Crippen LogP contribution in [0, 0.1) is 0 Å². The summed E-state index contributed by atoms with van der Waals surface area (Å²) in [5, 5.41) is 0. The molecule has 0 fully saturated rings. The molecule has 8 heavy (non-hydrogen) atoms. The van der Waals surface area contributed by atoms with E-state index in [0.717, 1.165) is 13.1 Å². The van der Waals surface area contributed by atoms with E-state index in [0.29, 0.717) is 6.17 Å². The Kier molecular flexibility index (Phi) is 1.65. The predicted molar refractivity (Wildman–Crippen MR) is 33.1 cm³/mol. The highest BCUT2D eigenvalue weighted by Gasteiger charge is 2.14. The Balaban J connectivity index is 2.38. The first kappa shape index (κ1) is 5.79. The van der Waals surface area contributed by atoms with E-state index in [1.807, 2.05) is 0 Å². The Labute approximate surface area is 50.0 Å². The van der Waals surface area contributed by atoms with E-state index in [2.05, 4.69) is 29.7 Å². The van der Waals surface area contributed by atoms with E-state index in [-0.39, 0.29) is 0 Å². The maximum atomic E-state index is 3.93. The third kappa shape index (κ3) is 0.904. The molecular formula is C6H13N2+. The summed E-state index contributed by atoms with van der Waals surface area (Å²) in [7, 11) is 0. The van der Waals surface area contributed by atoms with Crippen LogP contribution in [0.1, 0.15) is 6.92 Å². The highest BCUT2D eigenvalue weighted by Crippen LogP contribution is 1.99. The zero-order valence-corrected chi connectivity index (χ0v) is 5.30. The summed E-state index contributed by atoms with van der Waals surface area (Å²) >= 11 is 0. The van der Waals surface area contributed by atoms with Crippen LogP contribution in [0.3, 0.4) is 0 Å². The number of rotatable bonds is 1. The molecule has 1 aliphatic heterocycles. The van der Waals surface area contributed by atoms with E-state index in [1.165, 1.54) is 0 Å². The zero-order valence-electron chi connectivity index (χ0n) is 5.30. The van der Waals surface area contributed by atoms with Crippen molar-refractivity contribution in [1.82, 2.24) is 4.90 Å². The van der Waals surface area contributed by atoms with Crippen LogP contribution >= 0.6 is 0 Å². The number of hydrogen-bond acceptors (Lipinski definition) is 1. The van der Waals surface area contributed by atoms with Gasteiger partial charge < -0.3 is 5.73 Å². The molecule has 0 aliphatic carbocycles. The first-order valence-corrected chi connectivity index (χ1v) is 3.08. The molecule has 1 atom stereocenters. The second kappa shape index (κ2) is 2.29. The van der Waals surface area contributed by atoms with Gasteiger partial charge in [0.2, 0.25) is 0 Å². The molecule has 0 radical (unpaired) electrons. The summed E-state index contributed by atoms with van der Waals surface area (Å²) in [5.41, 5.74) is 3.93. The molecule has 0 aromatic carbocycles. The van der Waals surface area contributed by atoms with Gasteiger partial charge in [0.15, 0.2) is 6.17 Å². The van der Waals surface area contributed by atoms with Crippen LogP contribution in [0.4, 0.5) is 0 Å². The maximum absolute atomic E-state index is 3.93. The molecule has 0 aromatic rings. The topological polar surface area (TPSA) is 30.9 Å². The minimum absolute atomic E-state index is 0.431. The number of hydrogen-bond donors (Lipinski definition) is 1. The summed E-state index contributed by atoms with van der Waals surface area (Å²) in [5.74, 6) is 0. The summed E-state index contributed by atoms with van der Waals surface area (Å²) in [6.07, 6.45) is 4.74. The van der Waals surface area contributed by atoms with Crippen LogP contribution in [0.5, 0.6) is 0 Å². The lowest BCUT2D eigenvalue weighted by Crippen LogP contribution is -2.66. The average molecular weight is 113 g/mol. The molecular weight excluding hydrogens is 100 g/mol. The van der Waals surface area contributed by atoms with Crippen molar-refractivity contribution in [2.24, 2.45) is 0 Å². The molecule has 0 saturated heterocycles. The van der Waals surface area contributed by atoms with Gasteiger partial charge in [-0.25, -0.2) is 4.90 Å². The molecule has 3 N–H and O–H groups in total. The molecule has 0 bridgehead atoms. The highest BCUT2D eigenvalue weighted by molar-refractivity contribution is 4.97. The summed E-state index contributed by atoms with van der Waals surface area (Å²) in [4.78, 5) is 2.31. The lowest BCUT2D eigenvalue weighted by Gasteiger charge is -2.13. The molecule has 0 aromatic heterocycles. The maximum Gasteiger partial charge on any atom is 0.160 e. The lowest BCUT2D eigenvalue weighted by molar-refractivity contribution is -0.436. The average Bonchev–Trinajstić information content (AvgIpc) is 2.14. The Morgan fingerprint density at radius 1 is 1.88 bits per heavy atom. The Bertz CT molecular complexity index is 98.7. The van der Waals surface area contributed by atoms with Crippen molar-refractivity contribution in [1.29, 1.82) is 0 Å². The van der Waals surface area contributed by atoms with Gasteiger partial charge in [-0.05, 0) is 6.08 Å². The summed E-state index contributed by atoms with van der Waals surface area (Å²) in [6.45, 7) is 4.36. The van der Waals surface area contributed by atoms with Crippen LogP contribution in [-0.4, -0.2) is 24.2 Å². The van der Waals surface area contributed by atoms with Crippen molar-refractivity contribution in [3.05, 3.63) is 12.2 Å². The zero-order chi connectivity index (χ0) is 5.98. The second-order valence-electron chi connectivity index (χ2n) is 2.08. The molecule has 0 saturated carbocycles. The summed E-state index contributed by atoms with van der Waals surface area (Å²) < 4.78 is 0. The summed E-state index contributed by atoms with van der Waals surface area (Å²) in [6, 6.07) is 0. The van der Waals surface area contributed by atoms with Crippen LogP contribution in [0.2, 0.25) is 0 Å². The molecule has 1 rings (SSSR count). The third-order valence-electron chi connectivity index (χ3n) is 1.57. The molecule has 46 valence electrons. The van der Waals surface area contributed by atoms with E-state index >= 15 is 0 Å². The monoisotopic (exact) mass is 113 g/mol. The third-order valence-corrected chi connectivity index (χ3v) is 1.57. The van der Waals surface area contributed by atoms with Gasteiger partial charge in [-0.3, -0.25) is 0 Å². The van der Waals surface area contributed by atoms with Gasteiger partial charge in [0.25, 0.3) is 0 Å². The van der Waals surface area contributed by atoms with Gasteiger partial charge in [0.1, 0.15) is 0 Å². The fraction of sp³-hybridized carbons (Fsp3) is 0.667. The van der Waals surface area contributed by atoms with Gasteiger partial charge in [-0.2, -0.15) is 0 Å². The van der Waals surface area contributed by atoms with Crippen molar-refractivity contribution in [3.8, 4) is 0 Å². The highest BCUT2D eigenvalue weighted by atomic mass is 15.2. The first-order valence-electron chi connectivity index (χ1n) is 3.08. The van der Waals surface area contributed by atoms with Crippen LogP contribution < -0.4 is 5.73 Å². The van der Waals surface area contributed by atoms with E-state index in [9.17, 15) is 0 Å². The second-order valence-corrected chi connectivity index (χ2v) is 2.08. The Morgan fingerprint density at radius 2 is 2.62 bits per heavy atom. The lowest BCUT2D eigenvalue weighted by atomic mass is 10.5. The van der Waals surface area contributed by atoms with Gasteiger partial charge in [-0.15, -0.1) is 0 Å². The standard InChI is InChI=1S/C6H12N2/c1-2-8-5-3-4-6(8)7/h3-4,6H,2,5,7H2,1H3/p+1. The largest absolute Gasteiger partial charge is 0.339 e. The van der Waals surface area contributed by atoms with Crippen LogP contribution in [0.15, 0.2) is 12.2 Å². The molecule has 0 spiro atoms. The minimum Gasteiger partial charge on any atom is -0.339 e. The molecule has 1 aliphatic rings. The molecule has 0 amide bonds. The van der Waals surface area contributed by atoms with E-state index in [4.69, 9.17) is 0 Å². The van der Waals surface area contributed by atoms with Gasteiger partial charge in [-0.1, -0.05) is 13.0 Å².